The highest BCUT2D eigenvalue weighted by molar-refractivity contribution is 5.78. The van der Waals surface area contributed by atoms with Gasteiger partial charge in [0.15, 0.2) is 6.10 Å². The smallest absolute Gasteiger partial charge is 0.408 e. The number of carbonyl (C=O) groups excluding carboxylic acids is 1. The van der Waals surface area contributed by atoms with Gasteiger partial charge in [0, 0.05) is 12.6 Å². The van der Waals surface area contributed by atoms with E-state index in [2.05, 4.69) is 10.3 Å². The molecule has 8 heteroatoms. The maximum atomic E-state index is 11.8. The van der Waals surface area contributed by atoms with Crippen LogP contribution in [0.2, 0.25) is 0 Å². The Morgan fingerprint density at radius 2 is 2.04 bits per heavy atom. The van der Waals surface area contributed by atoms with Gasteiger partial charge < -0.3 is 24.5 Å². The molecule has 0 bridgehead atoms. The van der Waals surface area contributed by atoms with E-state index in [1.54, 1.807) is 39.0 Å². The minimum atomic E-state index is -1.03. The molecule has 1 atom stereocenters. The molecule has 0 fully saturated rings. The second-order valence-corrected chi connectivity index (χ2v) is 6.88. The maximum absolute atomic E-state index is 11.8. The van der Waals surface area contributed by atoms with Crippen molar-refractivity contribution in [3.05, 3.63) is 24.0 Å². The zero-order valence-electron chi connectivity index (χ0n) is 15.7. The van der Waals surface area contributed by atoms with E-state index >= 15 is 0 Å². The summed E-state index contributed by atoms with van der Waals surface area (Å²) in [5.41, 5.74) is 0.981. The van der Waals surface area contributed by atoms with Crippen molar-refractivity contribution >= 4 is 23.1 Å². The predicted octanol–water partition coefficient (Wildman–Crippen LogP) is 2.93. The summed E-state index contributed by atoms with van der Waals surface area (Å²) in [6.45, 7) is 9.69. The number of nitrogens with zero attached hydrogens (tertiary/aromatic N) is 2. The molecule has 2 rings (SSSR count). The largest absolute Gasteiger partial charge is 0.479 e. The summed E-state index contributed by atoms with van der Waals surface area (Å²) in [6.07, 6.45) is -1.45. The highest BCUT2D eigenvalue weighted by Crippen LogP contribution is 2.23. The lowest BCUT2D eigenvalue weighted by molar-refractivity contribution is -0.144. The molecule has 26 heavy (non-hydrogen) atoms. The average Bonchev–Trinajstić information content (AvgIpc) is 2.88. The molecule has 0 saturated carbocycles. The van der Waals surface area contributed by atoms with Crippen LogP contribution >= 0.6 is 0 Å². The van der Waals surface area contributed by atoms with E-state index < -0.39 is 23.8 Å². The molecule has 1 heterocycles. The SMILES string of the molecule is CCn1c(CNC(=O)OC(C)(C)C)nc2ccc(O[C@H](C)C(=O)O)cc21. The highest BCUT2D eigenvalue weighted by Gasteiger charge is 2.18. The number of carboxylic acids is 1. The van der Waals surface area contributed by atoms with Crippen LogP contribution in [0.15, 0.2) is 18.2 Å². The zero-order chi connectivity index (χ0) is 19.5. The lowest BCUT2D eigenvalue weighted by Gasteiger charge is -2.19. The third-order valence-electron chi connectivity index (χ3n) is 3.57. The highest BCUT2D eigenvalue weighted by atomic mass is 16.6. The number of carboxylic acid groups (broad SMARTS) is 1. The van der Waals surface area contributed by atoms with Gasteiger partial charge in [-0.1, -0.05) is 0 Å². The van der Waals surface area contributed by atoms with Gasteiger partial charge in [0.05, 0.1) is 17.6 Å². The Bertz CT molecular complexity index is 807. The Labute approximate surface area is 152 Å². The summed E-state index contributed by atoms with van der Waals surface area (Å²) in [5, 5.41) is 11.7. The van der Waals surface area contributed by atoms with Gasteiger partial charge in [-0.25, -0.2) is 14.6 Å². The molecule has 142 valence electrons. The number of benzene rings is 1. The quantitative estimate of drug-likeness (QED) is 0.818. The lowest BCUT2D eigenvalue weighted by Crippen LogP contribution is -2.32. The first kappa shape index (κ1) is 19.6. The molecule has 2 aromatic rings. The van der Waals surface area contributed by atoms with Crippen molar-refractivity contribution in [1.29, 1.82) is 0 Å². The summed E-state index contributed by atoms with van der Waals surface area (Å²) in [6, 6.07) is 5.20. The number of rotatable bonds is 6. The van der Waals surface area contributed by atoms with Gasteiger partial charge in [0.1, 0.15) is 17.2 Å². The van der Waals surface area contributed by atoms with Gasteiger partial charge in [0.2, 0.25) is 0 Å². The Hall–Kier alpha value is -2.77. The summed E-state index contributed by atoms with van der Waals surface area (Å²) in [5.74, 6) is 0.0989. The van der Waals surface area contributed by atoms with Crippen LogP contribution in [0.4, 0.5) is 4.79 Å². The fraction of sp³-hybridized carbons (Fsp3) is 0.500. The molecule has 0 spiro atoms. The number of amides is 1. The van der Waals surface area contributed by atoms with Gasteiger partial charge in [-0.05, 0) is 46.8 Å². The van der Waals surface area contributed by atoms with Crippen molar-refractivity contribution in [3.8, 4) is 5.75 Å². The second kappa shape index (κ2) is 7.63. The third kappa shape index (κ3) is 4.87. The molecule has 8 nitrogen and oxygen atoms in total. The van der Waals surface area contributed by atoms with E-state index in [4.69, 9.17) is 14.6 Å². The van der Waals surface area contributed by atoms with Crippen LogP contribution in [0.25, 0.3) is 11.0 Å². The summed E-state index contributed by atoms with van der Waals surface area (Å²) >= 11 is 0. The van der Waals surface area contributed by atoms with Crippen molar-refractivity contribution in [2.24, 2.45) is 0 Å². The minimum Gasteiger partial charge on any atom is -0.479 e. The number of aryl methyl sites for hydroxylation is 1. The van der Waals surface area contributed by atoms with E-state index in [0.717, 1.165) is 11.0 Å². The van der Waals surface area contributed by atoms with Crippen molar-refractivity contribution < 1.29 is 24.2 Å². The Kier molecular flexibility index (Phi) is 5.74. The Morgan fingerprint density at radius 1 is 1.35 bits per heavy atom. The number of carbonyl (C=O) groups is 2. The van der Waals surface area contributed by atoms with Gasteiger partial charge in [0.25, 0.3) is 0 Å². The van der Waals surface area contributed by atoms with Crippen LogP contribution in [0.5, 0.6) is 5.75 Å². The molecule has 0 aliphatic heterocycles. The van der Waals surface area contributed by atoms with Crippen LogP contribution in [-0.2, 0) is 22.6 Å². The minimum absolute atomic E-state index is 0.221. The molecule has 0 unspecified atom stereocenters. The molecule has 0 radical (unpaired) electrons. The van der Waals surface area contributed by atoms with Crippen LogP contribution in [0, 0.1) is 0 Å². The fourth-order valence-corrected chi connectivity index (χ4v) is 2.43. The number of imidazole rings is 1. The Morgan fingerprint density at radius 3 is 2.62 bits per heavy atom. The van der Waals surface area contributed by atoms with E-state index in [0.29, 0.717) is 18.1 Å². The van der Waals surface area contributed by atoms with Crippen LogP contribution < -0.4 is 10.1 Å². The van der Waals surface area contributed by atoms with E-state index in [-0.39, 0.29) is 6.54 Å². The number of fused-ring (bicyclic) bond motifs is 1. The van der Waals surface area contributed by atoms with Crippen molar-refractivity contribution in [2.75, 3.05) is 0 Å². The van der Waals surface area contributed by atoms with Crippen LogP contribution in [0.3, 0.4) is 0 Å². The van der Waals surface area contributed by atoms with E-state index in [1.807, 2.05) is 11.5 Å². The molecule has 0 aliphatic rings. The number of hydrogen-bond acceptors (Lipinski definition) is 5. The van der Waals surface area contributed by atoms with Crippen LogP contribution in [-0.4, -0.2) is 38.4 Å². The van der Waals surface area contributed by atoms with Crippen molar-refractivity contribution in [2.45, 2.75) is 59.4 Å². The average molecular weight is 363 g/mol. The van der Waals surface area contributed by atoms with Gasteiger partial charge in [-0.3, -0.25) is 0 Å². The third-order valence-corrected chi connectivity index (χ3v) is 3.57. The maximum Gasteiger partial charge on any atom is 0.408 e. The molecule has 0 saturated heterocycles. The summed E-state index contributed by atoms with van der Waals surface area (Å²) in [4.78, 5) is 27.3. The number of nitrogens with one attached hydrogen (secondary N) is 1. The number of aromatic nitrogens is 2. The monoisotopic (exact) mass is 363 g/mol. The number of ether oxygens (including phenoxy) is 2. The number of alkyl carbamates (subject to hydrolysis) is 1. The van der Waals surface area contributed by atoms with Gasteiger partial charge >= 0.3 is 12.1 Å². The predicted molar refractivity (Wildman–Crippen MR) is 96.2 cm³/mol. The molecule has 1 aromatic carbocycles. The number of aliphatic carboxylic acids is 1. The van der Waals surface area contributed by atoms with Gasteiger partial charge in [-0.15, -0.1) is 0 Å². The zero-order valence-corrected chi connectivity index (χ0v) is 15.7. The first-order valence-corrected chi connectivity index (χ1v) is 8.46. The second-order valence-electron chi connectivity index (χ2n) is 6.88. The van der Waals surface area contributed by atoms with Crippen LogP contribution in [0.1, 0.15) is 40.4 Å². The van der Waals surface area contributed by atoms with E-state index in [1.165, 1.54) is 6.92 Å². The van der Waals surface area contributed by atoms with Crippen molar-refractivity contribution in [1.82, 2.24) is 14.9 Å². The molecule has 1 amide bonds. The molecule has 1 aromatic heterocycles. The van der Waals surface area contributed by atoms with Gasteiger partial charge in [-0.2, -0.15) is 0 Å². The lowest BCUT2D eigenvalue weighted by atomic mass is 10.2. The van der Waals surface area contributed by atoms with E-state index in [9.17, 15) is 9.59 Å². The summed E-state index contributed by atoms with van der Waals surface area (Å²) < 4.78 is 12.6. The Balaban J connectivity index is 2.20. The summed E-state index contributed by atoms with van der Waals surface area (Å²) in [7, 11) is 0. The molecule has 0 aliphatic carbocycles. The molecular weight excluding hydrogens is 338 g/mol. The fourth-order valence-electron chi connectivity index (χ4n) is 2.43. The normalized spacial score (nSPS) is 12.7. The standard InChI is InChI=1S/C18H25N3O5/c1-6-21-14-9-12(25-11(2)16(22)23)7-8-13(14)20-15(21)10-19-17(24)26-18(3,4)5/h7-9,11H,6,10H2,1-5H3,(H,19,24)(H,22,23)/t11-/m1/s1. The number of hydrogen-bond donors (Lipinski definition) is 2. The molecular formula is C18H25N3O5. The van der Waals surface area contributed by atoms with Crippen molar-refractivity contribution in [3.63, 3.8) is 0 Å². The first-order valence-electron chi connectivity index (χ1n) is 8.46. The topological polar surface area (TPSA) is 103 Å². The molecule has 2 N–H and O–H groups in total. The first-order chi connectivity index (χ1) is 12.1.